The lowest BCUT2D eigenvalue weighted by atomic mass is 9.90. The van der Waals surface area contributed by atoms with E-state index in [1.54, 1.807) is 64.8 Å². The molecule has 0 aliphatic heterocycles. The molecular weight excluding hydrogens is 2090 g/mol. The van der Waals surface area contributed by atoms with Gasteiger partial charge in [-0.1, -0.05) is 261 Å². The third-order valence-electron chi connectivity index (χ3n) is 17.6. The highest BCUT2D eigenvalue weighted by Crippen LogP contribution is 2.72. The molecule has 0 amide bonds. The van der Waals surface area contributed by atoms with Gasteiger partial charge in [0.15, 0.2) is 0 Å². The first-order valence-corrected chi connectivity index (χ1v) is 84.8. The van der Waals surface area contributed by atoms with Gasteiger partial charge in [-0.05, 0) is 291 Å². The molecule has 0 rings (SSSR count). The monoisotopic (exact) mass is 2250 g/mol. The molecule has 0 aliphatic carbocycles. The average Bonchev–Trinajstić information content (AvgIpc) is 0.829. The average molecular weight is 2250 g/mol. The molecule has 0 aromatic carbocycles. The molecule has 0 aromatic heterocycles. The van der Waals surface area contributed by atoms with Crippen molar-refractivity contribution in [2.75, 3.05) is 151 Å². The fourth-order valence-corrected chi connectivity index (χ4v) is 94.2. The standard InChI is InChI=1S/C72H158O18S24Si6/c1-25-73-115(74-26-2,75-27-3)59-91-103-109-97-71(98-110-104-92-60-116(76-28-4,77-29-5)78-30-6,99-111-105-93-61-117(79-31-7,80-32-8)81-33-9)69(23)57-47-55-67(21)53-45-51-65(19)49-43-44-50-66(20)52-46-54-68(22)56-48-58-70(24)72(100-112-106-94-62-118(82-34-10,83-35-11)84-36-12,101-113-107-95-63-119(85-37-13,86-38-14)87-39-15)102-114-108-96-64-120(88-40-16,89-41-17)90-42-18/h65-70H,25-64H2,1-24H3. The minimum Gasteiger partial charge on any atom is -0.373 e. The summed E-state index contributed by atoms with van der Waals surface area (Å²) in [6.07, 6.45) is 20.3. The molecule has 0 spiro atoms. The second-order valence-corrected chi connectivity index (χ2v) is 83.8. The van der Waals surface area contributed by atoms with Gasteiger partial charge in [0.05, 0.1) is 32.3 Å². The molecule has 6 atom stereocenters. The lowest BCUT2D eigenvalue weighted by molar-refractivity contribution is 0.0765. The van der Waals surface area contributed by atoms with Gasteiger partial charge in [0.2, 0.25) is 0 Å². The molecule has 0 fully saturated rings. The van der Waals surface area contributed by atoms with E-state index >= 15 is 0 Å². The molecule has 120 heavy (non-hydrogen) atoms. The summed E-state index contributed by atoms with van der Waals surface area (Å²) in [6, 6.07) is 0. The summed E-state index contributed by atoms with van der Waals surface area (Å²) in [6.45, 7) is 61.6. The van der Waals surface area contributed by atoms with Crippen LogP contribution in [0.1, 0.15) is 269 Å². The Morgan fingerprint density at radius 1 is 0.175 bits per heavy atom. The van der Waals surface area contributed by atoms with Gasteiger partial charge >= 0.3 is 52.8 Å². The van der Waals surface area contributed by atoms with Crippen molar-refractivity contribution in [1.82, 2.24) is 0 Å². The molecule has 0 heterocycles. The molecule has 0 saturated carbocycles. The maximum atomic E-state index is 6.26. The van der Waals surface area contributed by atoms with Gasteiger partial charge in [-0.15, -0.1) is 0 Å². The molecule has 6 unspecified atom stereocenters. The zero-order valence-electron chi connectivity index (χ0n) is 76.9. The second-order valence-electron chi connectivity index (χ2n) is 27.2. The van der Waals surface area contributed by atoms with Crippen LogP contribution in [0.25, 0.3) is 0 Å². The van der Waals surface area contributed by atoms with Crippen LogP contribution in [-0.2, 0) is 79.7 Å². The Morgan fingerprint density at radius 3 is 0.433 bits per heavy atom. The Morgan fingerprint density at radius 2 is 0.300 bits per heavy atom. The summed E-state index contributed by atoms with van der Waals surface area (Å²) in [5.41, 5.74) is 0. The van der Waals surface area contributed by atoms with Crippen LogP contribution in [-0.4, -0.2) is 211 Å². The molecule has 18 nitrogen and oxygen atoms in total. The summed E-state index contributed by atoms with van der Waals surface area (Å²) in [7, 11) is 27.8. The van der Waals surface area contributed by atoms with Gasteiger partial charge < -0.3 is 79.7 Å². The minimum atomic E-state index is -2.82. The predicted molar refractivity (Wildman–Crippen MR) is 589 cm³/mol. The van der Waals surface area contributed by atoms with Crippen molar-refractivity contribution < 1.29 is 79.7 Å². The van der Waals surface area contributed by atoms with Crippen molar-refractivity contribution in [1.29, 1.82) is 0 Å². The zero-order valence-corrected chi connectivity index (χ0v) is 102. The molecule has 48 heteroatoms. The Labute approximate surface area is 831 Å². The van der Waals surface area contributed by atoms with E-state index in [1.807, 2.05) is 307 Å². The number of rotatable bonds is 95. The maximum absolute atomic E-state index is 6.26. The lowest BCUT2D eigenvalue weighted by Gasteiger charge is -2.35. The van der Waals surface area contributed by atoms with Crippen LogP contribution in [0.2, 0.25) is 0 Å². The minimum absolute atomic E-state index is 0.210. The van der Waals surface area contributed by atoms with E-state index in [9.17, 15) is 0 Å². The van der Waals surface area contributed by atoms with Crippen LogP contribution in [0.5, 0.6) is 0 Å². The first-order chi connectivity index (χ1) is 58.0. The maximum Gasteiger partial charge on any atom is 0.512 e. The molecule has 0 aliphatic rings. The molecule has 0 radical (unpaired) electrons. The first-order valence-electron chi connectivity index (χ1n) is 43.3. The largest absolute Gasteiger partial charge is 0.512 e. The van der Waals surface area contributed by atoms with E-state index in [2.05, 4.69) is 41.5 Å². The van der Waals surface area contributed by atoms with Crippen LogP contribution >= 0.6 is 247 Å². The molecule has 0 saturated heterocycles. The summed E-state index contributed by atoms with van der Waals surface area (Å²) >= 11 is 0. The summed E-state index contributed by atoms with van der Waals surface area (Å²) in [5, 5.41) is 4.12. The Hall–Kier alpha value is 8.98. The summed E-state index contributed by atoms with van der Waals surface area (Å²) in [4.78, 5) is 0. The fourth-order valence-electron chi connectivity index (χ4n) is 12.2. The van der Waals surface area contributed by atoms with Crippen molar-refractivity contribution >= 4 is 300 Å². The normalized spacial score (nSPS) is 14.7. The second kappa shape index (κ2) is 83.7. The fraction of sp³-hybridized carbons (Fsp3) is 1.00. The third-order valence-corrected chi connectivity index (χ3v) is 89.9. The number of hydrogen-bond acceptors (Lipinski definition) is 42. The van der Waals surface area contributed by atoms with Gasteiger partial charge in [-0.3, -0.25) is 0 Å². The molecular formula is C72H158O18S24Si6. The quantitative estimate of drug-likeness (QED) is 0.0244. The summed E-state index contributed by atoms with van der Waals surface area (Å²) in [5.74, 6) is 3.65. The van der Waals surface area contributed by atoms with E-state index < -0.39 is 52.8 Å². The lowest BCUT2D eigenvalue weighted by Crippen LogP contribution is -2.49. The van der Waals surface area contributed by atoms with E-state index in [1.165, 1.54) is 89.9 Å². The van der Waals surface area contributed by atoms with Crippen LogP contribution < -0.4 is 0 Å². The van der Waals surface area contributed by atoms with Crippen LogP contribution in [0.4, 0.5) is 0 Å². The highest BCUT2D eigenvalue weighted by atomic mass is 33.7. The first kappa shape index (κ1) is 129. The SMILES string of the molecule is CCO[Si](CSSSSC(SSSSC[Si](OCC)(OCC)OCC)(SSSSC[Si](OCC)(OCC)OCC)C(C)CCCC(C)CCCC(C)CCCCC(C)CCCC(C)CCCC(C)C(SSSSC[Si](OCC)(OCC)OCC)(SSSSC[Si](OCC)(OCC)OCC)SSSSC[Si](OCC)(OCC)OCC)(OCC)OCC. The highest BCUT2D eigenvalue weighted by molar-refractivity contribution is 9.34. The Kier molecular flexibility index (Phi) is 90.0. The predicted octanol–water partition coefficient (Wildman–Crippen LogP) is 31.9. The molecule has 0 N–H and O–H groups in total. The van der Waals surface area contributed by atoms with Gasteiger partial charge in [0, 0.05) is 119 Å². The smallest absolute Gasteiger partial charge is 0.373 e. The van der Waals surface area contributed by atoms with Gasteiger partial charge in [0.1, 0.15) is 6.82 Å². The number of unbranched alkanes of at least 4 members (excludes halogenated alkanes) is 1. The zero-order chi connectivity index (χ0) is 89.4. The van der Waals surface area contributed by atoms with Crippen molar-refractivity contribution in [2.24, 2.45) is 35.5 Å². The van der Waals surface area contributed by atoms with Crippen LogP contribution in [0.3, 0.4) is 0 Å². The van der Waals surface area contributed by atoms with E-state index in [0.717, 1.165) is 24.7 Å². The molecule has 0 aromatic rings. The van der Waals surface area contributed by atoms with Crippen molar-refractivity contribution in [2.45, 2.75) is 276 Å². The topological polar surface area (TPSA) is 166 Å². The van der Waals surface area contributed by atoms with Crippen molar-refractivity contribution in [3.63, 3.8) is 0 Å². The van der Waals surface area contributed by atoms with Crippen LogP contribution in [0.15, 0.2) is 0 Å². The van der Waals surface area contributed by atoms with Crippen molar-refractivity contribution in [3.05, 3.63) is 0 Å². The molecule has 722 valence electrons. The highest BCUT2D eigenvalue weighted by Gasteiger charge is 2.49. The Bertz CT molecular complexity index is 1880. The number of hydrogen-bond donors (Lipinski definition) is 0. The van der Waals surface area contributed by atoms with Gasteiger partial charge in [-0.25, -0.2) is 0 Å². The summed E-state index contributed by atoms with van der Waals surface area (Å²) < 4.78 is 112. The molecule has 0 bridgehead atoms. The van der Waals surface area contributed by atoms with Gasteiger partial charge in [-0.2, -0.15) is 0 Å². The Balaban J connectivity index is 6.20. The van der Waals surface area contributed by atoms with Crippen LogP contribution in [0, 0.1) is 35.5 Å². The van der Waals surface area contributed by atoms with Gasteiger partial charge in [0.25, 0.3) is 0 Å². The van der Waals surface area contributed by atoms with E-state index in [4.69, 9.17) is 79.7 Å². The van der Waals surface area contributed by atoms with E-state index in [0.29, 0.717) is 175 Å². The van der Waals surface area contributed by atoms with E-state index in [-0.39, 0.29) is 6.82 Å². The van der Waals surface area contributed by atoms with Crippen molar-refractivity contribution in [3.8, 4) is 0 Å². The third kappa shape index (κ3) is 59.5.